The predicted octanol–water partition coefficient (Wildman–Crippen LogP) is 0.191. The van der Waals surface area contributed by atoms with E-state index >= 15 is 0 Å². The van der Waals surface area contributed by atoms with E-state index in [0.29, 0.717) is 6.61 Å². The Hall–Kier alpha value is -0.180. The van der Waals surface area contributed by atoms with Gasteiger partial charge in [0.15, 0.2) is 12.1 Å². The highest BCUT2D eigenvalue weighted by molar-refractivity contribution is 8.37. The van der Waals surface area contributed by atoms with E-state index in [4.69, 9.17) is 51.1 Å². The van der Waals surface area contributed by atoms with E-state index in [1.165, 1.54) is 0 Å². The molecule has 0 radical (unpaired) electrons. The lowest BCUT2D eigenvalue weighted by atomic mass is 9.90. The molecule has 0 saturated carbocycles. The Bertz CT molecular complexity index is 919. The summed E-state index contributed by atoms with van der Waals surface area (Å²) in [6, 6.07) is 0. The molecule has 41 heavy (non-hydrogen) atoms. The smallest absolute Gasteiger partial charge is 0.164 e. The number of ether oxygens (including phenoxy) is 7. The van der Waals surface area contributed by atoms with Gasteiger partial charge in [0, 0.05) is 59.6 Å². The van der Waals surface area contributed by atoms with Crippen LogP contribution in [0.2, 0.25) is 0 Å². The molecule has 4 aliphatic rings. The zero-order valence-electron chi connectivity index (χ0n) is 23.7. The van der Waals surface area contributed by atoms with Crippen LogP contribution in [0.1, 0.15) is 41.0 Å². The van der Waals surface area contributed by atoms with Gasteiger partial charge in [-0.1, -0.05) is 11.8 Å². The summed E-state index contributed by atoms with van der Waals surface area (Å²) in [5.74, 6) is 4.39. The first-order valence-electron chi connectivity index (χ1n) is 12.8. The van der Waals surface area contributed by atoms with Crippen LogP contribution in [0.4, 0.5) is 0 Å². The molecule has 0 bridgehead atoms. The maximum atomic E-state index is 9.70. The summed E-state index contributed by atoms with van der Waals surface area (Å²) in [6.07, 6.45) is 6.43. The first kappa shape index (κ1) is 38.8. The van der Waals surface area contributed by atoms with Crippen molar-refractivity contribution < 1.29 is 48.5 Å². The van der Waals surface area contributed by atoms with Gasteiger partial charge in [0.05, 0.1) is 31.0 Å². The topological polar surface area (TPSA) is 125 Å². The molecule has 0 aliphatic carbocycles. The molecule has 4 saturated heterocycles. The largest absolute Gasteiger partial charge is 0.394 e. The van der Waals surface area contributed by atoms with Gasteiger partial charge in [0.25, 0.3) is 0 Å². The number of hydrogen-bond donors (Lipinski definition) is 3. The van der Waals surface area contributed by atoms with Crippen molar-refractivity contribution in [2.24, 2.45) is 5.92 Å². The van der Waals surface area contributed by atoms with Crippen molar-refractivity contribution in [2.75, 3.05) is 26.4 Å². The van der Waals surface area contributed by atoms with Crippen LogP contribution in [-0.4, -0.2) is 108 Å². The molecule has 4 heterocycles. The maximum absolute atomic E-state index is 9.70. The monoisotopic (exact) mass is 672 g/mol. The van der Waals surface area contributed by atoms with Gasteiger partial charge >= 0.3 is 0 Å². The normalized spacial score (nSPS) is 37.8. The van der Waals surface area contributed by atoms with E-state index in [9.17, 15) is 10.2 Å². The second-order valence-corrected chi connectivity index (χ2v) is 12.4. The molecule has 4 rings (SSSR count). The average Bonchev–Trinajstić information content (AvgIpc) is 3.55. The standard InChI is InChI=1S/C16H24O5.C10H16O5.S3.S2/c1-6-7-17-12-10-8-15(2,3)21-14(10)19-13(12)11-9-18-16(4,5)20-11;1-3-4-14-10-8(12)6(2)15-7(5-11)9(10)13;1-3-2;1-2/h1,10-14H,7-9H2,2-5H3;1,6-13H,4-5H2,2H3;;/t10-,11-,12+,13+,14+;;;/m0.../s1. The van der Waals surface area contributed by atoms with Crippen LogP contribution in [0.3, 0.4) is 0 Å². The first-order chi connectivity index (χ1) is 19.3. The van der Waals surface area contributed by atoms with Crippen LogP contribution in [0.25, 0.3) is 0 Å². The fourth-order valence-corrected chi connectivity index (χ4v) is 5.14. The van der Waals surface area contributed by atoms with Gasteiger partial charge in [0.2, 0.25) is 0 Å². The van der Waals surface area contributed by atoms with Crippen LogP contribution in [0.15, 0.2) is 0 Å². The number of rotatable bonds is 6. The van der Waals surface area contributed by atoms with E-state index in [0.717, 1.165) is 15.3 Å². The van der Waals surface area contributed by atoms with E-state index in [1.54, 1.807) is 6.92 Å². The van der Waals surface area contributed by atoms with Crippen LogP contribution in [-0.2, 0) is 86.8 Å². The summed E-state index contributed by atoms with van der Waals surface area (Å²) in [6.45, 7) is 10.0. The molecule has 0 aromatic rings. The van der Waals surface area contributed by atoms with Crippen LogP contribution < -0.4 is 0 Å². The van der Waals surface area contributed by atoms with Gasteiger partial charge in [-0.05, 0) is 41.0 Å². The number of aliphatic hydroxyl groups excluding tert-OH is 3. The predicted molar refractivity (Wildman–Crippen MR) is 164 cm³/mol. The third-order valence-electron chi connectivity index (χ3n) is 6.77. The van der Waals surface area contributed by atoms with Gasteiger partial charge in [-0.2, -0.15) is 0 Å². The molecular weight excluding hydrogens is 633 g/mol. The Morgan fingerprint density at radius 3 is 2.00 bits per heavy atom. The molecule has 10 atom stereocenters. The van der Waals surface area contributed by atoms with Gasteiger partial charge in [-0.3, -0.25) is 0 Å². The average molecular weight is 673 g/mol. The summed E-state index contributed by atoms with van der Waals surface area (Å²) < 4.78 is 39.8. The van der Waals surface area contributed by atoms with Crippen molar-refractivity contribution in [1.82, 2.24) is 0 Å². The maximum Gasteiger partial charge on any atom is 0.164 e. The highest BCUT2D eigenvalue weighted by Gasteiger charge is 2.57. The van der Waals surface area contributed by atoms with E-state index in [-0.39, 0.29) is 55.9 Å². The third kappa shape index (κ3) is 11.4. The minimum Gasteiger partial charge on any atom is -0.394 e. The lowest BCUT2D eigenvalue weighted by molar-refractivity contribution is -0.234. The highest BCUT2D eigenvalue weighted by atomic mass is 33.1. The Labute approximate surface area is 265 Å². The lowest BCUT2D eigenvalue weighted by Crippen LogP contribution is -2.58. The number of fused-ring (bicyclic) bond motifs is 1. The summed E-state index contributed by atoms with van der Waals surface area (Å²) in [4.78, 5) is 0. The molecule has 4 aliphatic heterocycles. The Kier molecular flexibility index (Phi) is 17.6. The van der Waals surface area contributed by atoms with Crippen molar-refractivity contribution in [3.63, 3.8) is 0 Å². The van der Waals surface area contributed by atoms with Crippen molar-refractivity contribution in [3.8, 4) is 24.7 Å². The molecular formula is C26H40O10S5. The number of aliphatic hydroxyl groups is 3. The van der Waals surface area contributed by atoms with E-state index in [1.807, 2.05) is 13.8 Å². The molecule has 5 unspecified atom stereocenters. The quantitative estimate of drug-likeness (QED) is 0.333. The number of terminal acetylenes is 2. The first-order valence-corrected chi connectivity index (χ1v) is 16.8. The fourth-order valence-electron chi connectivity index (χ4n) is 5.14. The van der Waals surface area contributed by atoms with Crippen molar-refractivity contribution in [2.45, 2.75) is 108 Å². The molecule has 0 aromatic heterocycles. The lowest BCUT2D eigenvalue weighted by Gasteiger charge is -2.40. The zero-order valence-corrected chi connectivity index (χ0v) is 27.8. The Morgan fingerprint density at radius 2 is 1.51 bits per heavy atom. The Morgan fingerprint density at radius 1 is 0.951 bits per heavy atom. The second kappa shape index (κ2) is 18.6. The van der Waals surface area contributed by atoms with Gasteiger partial charge in [-0.25, -0.2) is 0 Å². The highest BCUT2D eigenvalue weighted by Crippen LogP contribution is 2.46. The van der Waals surface area contributed by atoms with Gasteiger partial charge < -0.3 is 48.5 Å². The summed E-state index contributed by atoms with van der Waals surface area (Å²) >= 11 is 15.6. The van der Waals surface area contributed by atoms with E-state index < -0.39 is 36.3 Å². The minimum absolute atomic E-state index is 0.00363. The second-order valence-electron chi connectivity index (χ2n) is 10.7. The fraction of sp³-hybridized carbons (Fsp3) is 0.846. The molecule has 15 heteroatoms. The molecule has 0 aromatic carbocycles. The van der Waals surface area contributed by atoms with Gasteiger partial charge in [-0.15, -0.1) is 12.8 Å². The van der Waals surface area contributed by atoms with Crippen LogP contribution in [0, 0.1) is 30.6 Å². The summed E-state index contributed by atoms with van der Waals surface area (Å²) in [5, 5.41) is 28.3. The molecule has 4 fully saturated rings. The summed E-state index contributed by atoms with van der Waals surface area (Å²) in [5.41, 5.74) is -0.190. The molecule has 0 spiro atoms. The number of hydrogen-bond acceptors (Lipinski definition) is 14. The van der Waals surface area contributed by atoms with Crippen molar-refractivity contribution in [3.05, 3.63) is 0 Å². The van der Waals surface area contributed by atoms with Crippen molar-refractivity contribution in [1.29, 1.82) is 0 Å². The molecule has 10 nitrogen and oxygen atoms in total. The minimum atomic E-state index is -1.07. The summed E-state index contributed by atoms with van der Waals surface area (Å²) in [7, 11) is 0.917. The molecule has 3 N–H and O–H groups in total. The van der Waals surface area contributed by atoms with Gasteiger partial charge in [0.1, 0.15) is 49.8 Å². The van der Waals surface area contributed by atoms with E-state index in [2.05, 4.69) is 70.4 Å². The Balaban J connectivity index is 0.000000370. The SMILES string of the molecule is C#CCOC1C(O)C(C)OC(CO)C1O.C#CCO[C@@H]1[C@@H]2CC(C)(C)O[C@H]2O[C@@H]1[C@@H]1COC(C)(C)O1.S=S.S=S=S. The van der Waals surface area contributed by atoms with Crippen molar-refractivity contribution >= 4 is 53.6 Å². The van der Waals surface area contributed by atoms with Crippen LogP contribution >= 0.6 is 0 Å². The van der Waals surface area contributed by atoms with Crippen LogP contribution in [0.5, 0.6) is 0 Å². The third-order valence-corrected chi connectivity index (χ3v) is 6.77. The zero-order chi connectivity index (χ0) is 31.4. The molecule has 0 amide bonds. The molecule has 234 valence electrons.